The predicted molar refractivity (Wildman–Crippen MR) is 38.4 cm³/mol. The Bertz CT molecular complexity index is 151. The summed E-state index contributed by atoms with van der Waals surface area (Å²) in [6, 6.07) is 0. The molecule has 0 N–H and O–H groups in total. The minimum Gasteiger partial charge on any atom is -0.772 e. The quantitative estimate of drug-likeness (QED) is 0.649. The highest BCUT2D eigenvalue weighted by Crippen LogP contribution is 2.17. The van der Waals surface area contributed by atoms with Gasteiger partial charge in [-0.2, -0.15) is 0 Å². The SMILES string of the molecule is O=S([O-])CC(Cl)=C(Cl)Cl. The van der Waals surface area contributed by atoms with E-state index in [1.165, 1.54) is 0 Å². The molecule has 1 unspecified atom stereocenters. The van der Waals surface area contributed by atoms with Crippen molar-refractivity contribution in [2.45, 2.75) is 0 Å². The zero-order chi connectivity index (χ0) is 7.44. The third kappa shape index (κ3) is 5.18. The van der Waals surface area contributed by atoms with Crippen LogP contribution in [0.3, 0.4) is 0 Å². The fraction of sp³-hybridized carbons (Fsp3) is 0.333. The Morgan fingerprint density at radius 1 is 1.44 bits per heavy atom. The monoisotopic (exact) mass is 207 g/mol. The summed E-state index contributed by atoms with van der Waals surface area (Å²) in [5.41, 5.74) is 0. The fourth-order valence-electron chi connectivity index (χ4n) is 0.158. The summed E-state index contributed by atoms with van der Waals surface area (Å²) in [6.07, 6.45) is 0. The first-order chi connectivity index (χ1) is 4.04. The van der Waals surface area contributed by atoms with Crippen molar-refractivity contribution in [3.05, 3.63) is 9.52 Å². The second-order valence-electron chi connectivity index (χ2n) is 1.11. The molecule has 0 spiro atoms. The van der Waals surface area contributed by atoms with E-state index in [9.17, 15) is 8.76 Å². The second-order valence-corrected chi connectivity index (χ2v) is 3.42. The number of hydrogen-bond acceptors (Lipinski definition) is 2. The molecule has 6 heteroatoms. The van der Waals surface area contributed by atoms with E-state index in [4.69, 9.17) is 34.8 Å². The molecular formula is C3H2Cl3O2S-. The van der Waals surface area contributed by atoms with Gasteiger partial charge < -0.3 is 4.55 Å². The molecule has 54 valence electrons. The van der Waals surface area contributed by atoms with Gasteiger partial charge in [-0.15, -0.1) is 0 Å². The van der Waals surface area contributed by atoms with Crippen molar-refractivity contribution in [3.63, 3.8) is 0 Å². The number of hydrogen-bond donors (Lipinski definition) is 0. The van der Waals surface area contributed by atoms with Gasteiger partial charge in [-0.3, -0.25) is 4.21 Å². The van der Waals surface area contributed by atoms with E-state index in [0.29, 0.717) is 0 Å². The lowest BCUT2D eigenvalue weighted by Gasteiger charge is -2.01. The molecular weight excluding hydrogens is 206 g/mol. The third-order valence-electron chi connectivity index (χ3n) is 0.450. The molecule has 1 atom stereocenters. The summed E-state index contributed by atoms with van der Waals surface area (Å²) in [7, 11) is 0. The van der Waals surface area contributed by atoms with E-state index in [0.717, 1.165) is 0 Å². The molecule has 0 amide bonds. The van der Waals surface area contributed by atoms with Crippen LogP contribution in [0.4, 0.5) is 0 Å². The number of rotatable bonds is 2. The molecule has 0 bridgehead atoms. The molecule has 0 saturated carbocycles. The van der Waals surface area contributed by atoms with E-state index in [1.54, 1.807) is 0 Å². The zero-order valence-electron chi connectivity index (χ0n) is 4.07. The normalized spacial score (nSPS) is 12.9. The van der Waals surface area contributed by atoms with Crippen molar-refractivity contribution in [2.75, 3.05) is 5.75 Å². The summed E-state index contributed by atoms with van der Waals surface area (Å²) < 4.78 is 19.5. The van der Waals surface area contributed by atoms with Gasteiger partial charge in [-0.05, 0) is 11.1 Å². The molecule has 0 heterocycles. The molecule has 0 rings (SSSR count). The topological polar surface area (TPSA) is 40.1 Å². The van der Waals surface area contributed by atoms with Crippen LogP contribution in [0.2, 0.25) is 0 Å². The van der Waals surface area contributed by atoms with Gasteiger partial charge >= 0.3 is 0 Å². The van der Waals surface area contributed by atoms with Crippen LogP contribution in [0, 0.1) is 0 Å². The first kappa shape index (κ1) is 9.72. The Labute approximate surface area is 70.1 Å². The smallest absolute Gasteiger partial charge is 0.122 e. The van der Waals surface area contributed by atoms with Crippen LogP contribution in [0.25, 0.3) is 0 Å². The maximum atomic E-state index is 9.88. The summed E-state index contributed by atoms with van der Waals surface area (Å²) in [5.74, 6) is -0.329. The molecule has 0 saturated heterocycles. The average Bonchev–Trinajstić information content (AvgIpc) is 1.63. The molecule has 0 aliphatic heterocycles. The van der Waals surface area contributed by atoms with Gasteiger partial charge in [-0.1, -0.05) is 34.8 Å². The Morgan fingerprint density at radius 3 is 2.00 bits per heavy atom. The van der Waals surface area contributed by atoms with Gasteiger partial charge in [0.05, 0.1) is 5.03 Å². The Morgan fingerprint density at radius 2 is 1.89 bits per heavy atom. The number of halogens is 3. The lowest BCUT2D eigenvalue weighted by Crippen LogP contribution is -1.94. The maximum Gasteiger partial charge on any atom is 0.122 e. The molecule has 9 heavy (non-hydrogen) atoms. The highest BCUT2D eigenvalue weighted by Gasteiger charge is 1.97. The molecule has 0 aliphatic carbocycles. The fourth-order valence-corrected chi connectivity index (χ4v) is 1.07. The van der Waals surface area contributed by atoms with Crippen LogP contribution < -0.4 is 0 Å². The van der Waals surface area contributed by atoms with Crippen LogP contribution >= 0.6 is 34.8 Å². The molecule has 0 aromatic carbocycles. The summed E-state index contributed by atoms with van der Waals surface area (Å²) in [5, 5.41) is -0.0633. The summed E-state index contributed by atoms with van der Waals surface area (Å²) in [6.45, 7) is 0. The molecule has 0 aromatic rings. The van der Waals surface area contributed by atoms with Crippen molar-refractivity contribution in [3.8, 4) is 0 Å². The molecule has 0 aliphatic rings. The maximum absolute atomic E-state index is 9.88. The Kier molecular flexibility index (Phi) is 4.88. The largest absolute Gasteiger partial charge is 0.772 e. The highest BCUT2D eigenvalue weighted by molar-refractivity contribution is 7.79. The first-order valence-corrected chi connectivity index (χ1v) is 4.17. The van der Waals surface area contributed by atoms with E-state index in [2.05, 4.69) is 0 Å². The van der Waals surface area contributed by atoms with Crippen LogP contribution in [-0.4, -0.2) is 14.5 Å². The third-order valence-corrected chi connectivity index (χ3v) is 2.10. The lowest BCUT2D eigenvalue weighted by molar-refractivity contribution is 0.540. The predicted octanol–water partition coefficient (Wildman–Crippen LogP) is 1.75. The van der Waals surface area contributed by atoms with Crippen LogP contribution in [0.15, 0.2) is 9.52 Å². The van der Waals surface area contributed by atoms with Gasteiger partial charge in [0.2, 0.25) is 0 Å². The highest BCUT2D eigenvalue weighted by atomic mass is 35.5. The van der Waals surface area contributed by atoms with E-state index >= 15 is 0 Å². The van der Waals surface area contributed by atoms with Crippen molar-refractivity contribution < 1.29 is 8.76 Å². The van der Waals surface area contributed by atoms with Gasteiger partial charge in [0.15, 0.2) is 0 Å². The van der Waals surface area contributed by atoms with Gasteiger partial charge in [0.25, 0.3) is 0 Å². The molecule has 2 nitrogen and oxygen atoms in total. The van der Waals surface area contributed by atoms with E-state index < -0.39 is 11.1 Å². The van der Waals surface area contributed by atoms with Gasteiger partial charge in [0, 0.05) is 5.75 Å². The van der Waals surface area contributed by atoms with Crippen molar-refractivity contribution in [1.82, 2.24) is 0 Å². The van der Waals surface area contributed by atoms with Crippen molar-refractivity contribution in [1.29, 1.82) is 0 Å². The minimum absolute atomic E-state index is 0.0633. The Hall–Kier alpha value is 0.720. The van der Waals surface area contributed by atoms with Crippen LogP contribution in [-0.2, 0) is 11.1 Å². The van der Waals surface area contributed by atoms with Gasteiger partial charge in [-0.25, -0.2) is 0 Å². The minimum atomic E-state index is -2.22. The molecule has 0 radical (unpaired) electrons. The van der Waals surface area contributed by atoms with Crippen molar-refractivity contribution >= 4 is 45.9 Å². The molecule has 0 aromatic heterocycles. The average molecular weight is 208 g/mol. The zero-order valence-corrected chi connectivity index (χ0v) is 7.15. The van der Waals surface area contributed by atoms with Crippen LogP contribution in [0.1, 0.15) is 0 Å². The van der Waals surface area contributed by atoms with E-state index in [-0.39, 0.29) is 15.3 Å². The van der Waals surface area contributed by atoms with E-state index in [1.807, 2.05) is 0 Å². The Balaban J connectivity index is 3.92. The lowest BCUT2D eigenvalue weighted by atomic mass is 10.7. The van der Waals surface area contributed by atoms with Crippen molar-refractivity contribution in [2.24, 2.45) is 0 Å². The van der Waals surface area contributed by atoms with Crippen LogP contribution in [0.5, 0.6) is 0 Å². The second kappa shape index (κ2) is 4.52. The summed E-state index contributed by atoms with van der Waals surface area (Å²) >= 11 is 13.2. The summed E-state index contributed by atoms with van der Waals surface area (Å²) in [4.78, 5) is 0. The van der Waals surface area contributed by atoms with Gasteiger partial charge in [0.1, 0.15) is 4.49 Å². The standard InChI is InChI=1S/C3H3Cl3O2S/c4-2(3(5)6)1-9(7)8/h1H2,(H,7,8)/p-1. The molecule has 0 fully saturated rings. The first-order valence-electron chi connectivity index (χ1n) is 1.79.